The predicted octanol–water partition coefficient (Wildman–Crippen LogP) is 5.36. The zero-order valence-electron chi connectivity index (χ0n) is 14.6. The minimum atomic E-state index is -0.308. The molecule has 0 aliphatic heterocycles. The molecule has 28 heavy (non-hydrogen) atoms. The van der Waals surface area contributed by atoms with E-state index in [0.717, 1.165) is 27.9 Å². The number of halogens is 2. The van der Waals surface area contributed by atoms with E-state index < -0.39 is 0 Å². The van der Waals surface area contributed by atoms with Crippen molar-refractivity contribution in [2.45, 2.75) is 0 Å². The molecule has 0 amide bonds. The van der Waals surface area contributed by atoms with Crippen molar-refractivity contribution < 1.29 is 8.78 Å². The van der Waals surface area contributed by atoms with Crippen molar-refractivity contribution in [3.8, 4) is 28.5 Å². The molecular formula is C22H14F2N4. The third-order valence-corrected chi connectivity index (χ3v) is 4.57. The Balaban J connectivity index is 1.71. The van der Waals surface area contributed by atoms with Gasteiger partial charge in [-0.2, -0.15) is 9.78 Å². The Bertz CT molecular complexity index is 1240. The Labute approximate surface area is 159 Å². The van der Waals surface area contributed by atoms with Gasteiger partial charge >= 0.3 is 0 Å². The van der Waals surface area contributed by atoms with E-state index in [9.17, 15) is 8.78 Å². The fourth-order valence-corrected chi connectivity index (χ4v) is 3.17. The van der Waals surface area contributed by atoms with Crippen molar-refractivity contribution in [2.24, 2.45) is 0 Å². The molecule has 5 rings (SSSR count). The minimum Gasteiger partial charge on any atom is -0.322 e. The van der Waals surface area contributed by atoms with Crippen molar-refractivity contribution in [3.63, 3.8) is 0 Å². The molecule has 5 aromatic rings. The molecule has 0 aliphatic rings. The van der Waals surface area contributed by atoms with Crippen molar-refractivity contribution in [3.05, 3.63) is 90.5 Å². The molecule has 6 heteroatoms. The Hall–Kier alpha value is -3.80. The summed E-state index contributed by atoms with van der Waals surface area (Å²) >= 11 is 0. The molecule has 2 heterocycles. The summed E-state index contributed by atoms with van der Waals surface area (Å²) < 4.78 is 28.4. The topological polar surface area (TPSA) is 46.5 Å². The SMILES string of the molecule is Fc1ccc(-c2cc(-c3ccc(F)cc3)n(-c3nc4ccccc4[nH]3)n2)cc1. The third kappa shape index (κ3) is 2.85. The van der Waals surface area contributed by atoms with Crippen LogP contribution >= 0.6 is 0 Å². The van der Waals surface area contributed by atoms with Gasteiger partial charge in [0.15, 0.2) is 0 Å². The van der Waals surface area contributed by atoms with E-state index in [1.54, 1.807) is 28.9 Å². The van der Waals surface area contributed by atoms with E-state index >= 15 is 0 Å². The van der Waals surface area contributed by atoms with E-state index in [4.69, 9.17) is 0 Å². The normalized spacial score (nSPS) is 11.2. The van der Waals surface area contributed by atoms with Crippen molar-refractivity contribution in [1.82, 2.24) is 19.7 Å². The smallest absolute Gasteiger partial charge is 0.229 e. The molecule has 0 atom stereocenters. The van der Waals surface area contributed by atoms with E-state index in [2.05, 4.69) is 15.1 Å². The van der Waals surface area contributed by atoms with Gasteiger partial charge in [0.2, 0.25) is 5.95 Å². The van der Waals surface area contributed by atoms with Crippen LogP contribution in [0.5, 0.6) is 0 Å². The van der Waals surface area contributed by atoms with Gasteiger partial charge in [-0.3, -0.25) is 0 Å². The van der Waals surface area contributed by atoms with Crippen LogP contribution in [-0.2, 0) is 0 Å². The van der Waals surface area contributed by atoms with Gasteiger partial charge < -0.3 is 4.98 Å². The summed E-state index contributed by atoms with van der Waals surface area (Å²) in [5.41, 5.74) is 4.70. The second kappa shape index (κ2) is 6.42. The number of rotatable bonds is 3. The highest BCUT2D eigenvalue weighted by molar-refractivity contribution is 5.77. The maximum Gasteiger partial charge on any atom is 0.229 e. The van der Waals surface area contributed by atoms with Crippen LogP contribution in [0.4, 0.5) is 8.78 Å². The molecule has 3 aromatic carbocycles. The molecule has 0 saturated heterocycles. The average Bonchev–Trinajstić information content (AvgIpc) is 3.33. The van der Waals surface area contributed by atoms with Crippen LogP contribution in [0.3, 0.4) is 0 Å². The Kier molecular flexibility index (Phi) is 3.76. The van der Waals surface area contributed by atoms with Gasteiger partial charge in [-0.1, -0.05) is 12.1 Å². The lowest BCUT2D eigenvalue weighted by Gasteiger charge is -2.04. The first-order valence-corrected chi connectivity index (χ1v) is 8.74. The molecule has 0 spiro atoms. The van der Waals surface area contributed by atoms with Crippen LogP contribution in [0.25, 0.3) is 39.5 Å². The Morgan fingerprint density at radius 3 is 2.07 bits per heavy atom. The summed E-state index contributed by atoms with van der Waals surface area (Å²) in [5, 5.41) is 4.68. The highest BCUT2D eigenvalue weighted by Crippen LogP contribution is 2.29. The van der Waals surface area contributed by atoms with E-state index in [1.807, 2.05) is 30.3 Å². The number of imidazole rings is 1. The monoisotopic (exact) mass is 372 g/mol. The predicted molar refractivity (Wildman–Crippen MR) is 104 cm³/mol. The molecule has 0 fully saturated rings. The zero-order chi connectivity index (χ0) is 19.1. The van der Waals surface area contributed by atoms with Crippen LogP contribution in [0.1, 0.15) is 0 Å². The lowest BCUT2D eigenvalue weighted by Crippen LogP contribution is -2.01. The lowest BCUT2D eigenvalue weighted by atomic mass is 10.1. The van der Waals surface area contributed by atoms with Crippen LogP contribution in [-0.4, -0.2) is 19.7 Å². The summed E-state index contributed by atoms with van der Waals surface area (Å²) in [7, 11) is 0. The summed E-state index contributed by atoms with van der Waals surface area (Å²) in [4.78, 5) is 7.88. The number of aromatic nitrogens is 4. The van der Waals surface area contributed by atoms with Crippen LogP contribution in [0, 0.1) is 11.6 Å². The number of nitrogens with zero attached hydrogens (tertiary/aromatic N) is 3. The molecule has 0 unspecified atom stereocenters. The first-order valence-electron chi connectivity index (χ1n) is 8.74. The number of hydrogen-bond donors (Lipinski definition) is 1. The highest BCUT2D eigenvalue weighted by Gasteiger charge is 2.16. The van der Waals surface area contributed by atoms with Crippen LogP contribution < -0.4 is 0 Å². The standard InChI is InChI=1S/C22H14F2N4/c23-16-9-5-14(6-10-16)20-13-21(15-7-11-17(24)12-8-15)28(27-20)22-25-18-3-1-2-4-19(18)26-22/h1-13H,(H,25,26). The number of fused-ring (bicyclic) bond motifs is 1. The Morgan fingerprint density at radius 1 is 0.750 bits per heavy atom. The number of para-hydroxylation sites is 2. The second-order valence-corrected chi connectivity index (χ2v) is 6.42. The highest BCUT2D eigenvalue weighted by atomic mass is 19.1. The van der Waals surface area contributed by atoms with Crippen molar-refractivity contribution in [1.29, 1.82) is 0 Å². The number of aromatic amines is 1. The number of H-pyrrole nitrogens is 1. The molecule has 4 nitrogen and oxygen atoms in total. The lowest BCUT2D eigenvalue weighted by molar-refractivity contribution is 0.627. The summed E-state index contributed by atoms with van der Waals surface area (Å²) in [6.07, 6.45) is 0. The molecule has 136 valence electrons. The molecule has 0 saturated carbocycles. The Morgan fingerprint density at radius 2 is 1.39 bits per heavy atom. The largest absolute Gasteiger partial charge is 0.322 e. The number of nitrogens with one attached hydrogen (secondary N) is 1. The van der Waals surface area contributed by atoms with E-state index in [1.165, 1.54) is 24.3 Å². The second-order valence-electron chi connectivity index (χ2n) is 6.42. The molecular weight excluding hydrogens is 358 g/mol. The first-order chi connectivity index (χ1) is 13.7. The van der Waals surface area contributed by atoms with Crippen molar-refractivity contribution in [2.75, 3.05) is 0 Å². The minimum absolute atomic E-state index is 0.306. The third-order valence-electron chi connectivity index (χ3n) is 4.57. The van der Waals surface area contributed by atoms with E-state index in [0.29, 0.717) is 11.6 Å². The summed E-state index contributed by atoms with van der Waals surface area (Å²) in [6, 6.07) is 21.9. The average molecular weight is 372 g/mol. The fraction of sp³-hybridized carbons (Fsp3) is 0. The van der Waals surface area contributed by atoms with Gasteiger partial charge in [-0.25, -0.2) is 13.8 Å². The zero-order valence-corrected chi connectivity index (χ0v) is 14.6. The van der Waals surface area contributed by atoms with Crippen LogP contribution in [0.15, 0.2) is 78.9 Å². The van der Waals surface area contributed by atoms with Gasteiger partial charge in [-0.15, -0.1) is 0 Å². The molecule has 0 radical (unpaired) electrons. The molecule has 0 aliphatic carbocycles. The van der Waals surface area contributed by atoms with E-state index in [-0.39, 0.29) is 11.6 Å². The summed E-state index contributed by atoms with van der Waals surface area (Å²) in [5.74, 6) is -0.0644. The number of hydrogen-bond acceptors (Lipinski definition) is 2. The molecule has 0 bridgehead atoms. The maximum absolute atomic E-state index is 13.4. The molecule has 2 aromatic heterocycles. The van der Waals surface area contributed by atoms with Gasteiger partial charge in [0.05, 0.1) is 22.4 Å². The van der Waals surface area contributed by atoms with Gasteiger partial charge in [0.1, 0.15) is 11.6 Å². The molecule has 1 N–H and O–H groups in total. The maximum atomic E-state index is 13.4. The fourth-order valence-electron chi connectivity index (χ4n) is 3.17. The van der Waals surface area contributed by atoms with Crippen molar-refractivity contribution >= 4 is 11.0 Å². The van der Waals surface area contributed by atoms with Gasteiger partial charge in [0.25, 0.3) is 0 Å². The van der Waals surface area contributed by atoms with Gasteiger partial charge in [0, 0.05) is 11.1 Å². The quantitative estimate of drug-likeness (QED) is 0.463. The summed E-state index contributed by atoms with van der Waals surface area (Å²) in [6.45, 7) is 0. The number of benzene rings is 3. The van der Waals surface area contributed by atoms with Gasteiger partial charge in [-0.05, 0) is 66.7 Å². The first kappa shape index (κ1) is 16.4. The van der Waals surface area contributed by atoms with Crippen LogP contribution in [0.2, 0.25) is 0 Å².